The van der Waals surface area contributed by atoms with Gasteiger partial charge in [0, 0.05) is 5.41 Å². The first kappa shape index (κ1) is 14.8. The number of hydrogen-bond donors (Lipinski definition) is 0. The van der Waals surface area contributed by atoms with Crippen molar-refractivity contribution in [1.82, 2.24) is 0 Å². The summed E-state index contributed by atoms with van der Waals surface area (Å²) < 4.78 is 0. The van der Waals surface area contributed by atoms with E-state index in [-0.39, 0.29) is 10.8 Å². The van der Waals surface area contributed by atoms with E-state index in [4.69, 9.17) is 0 Å². The van der Waals surface area contributed by atoms with Crippen LogP contribution in [0.1, 0.15) is 41.0 Å². The second-order valence-corrected chi connectivity index (χ2v) is 5.87. The molecular formula is C18H26. The van der Waals surface area contributed by atoms with Crippen molar-refractivity contribution >= 4 is 0 Å². The van der Waals surface area contributed by atoms with Gasteiger partial charge in [-0.2, -0.15) is 0 Å². The molecule has 0 fully saturated rings. The first-order chi connectivity index (χ1) is 8.37. The normalized spacial score (nSPS) is 27.9. The Kier molecular flexibility index (Phi) is 4.21. The van der Waals surface area contributed by atoms with E-state index in [1.54, 1.807) is 0 Å². The minimum atomic E-state index is 0.0516. The van der Waals surface area contributed by atoms with Crippen LogP contribution in [0.25, 0.3) is 0 Å². The highest BCUT2D eigenvalue weighted by Gasteiger charge is 2.45. The van der Waals surface area contributed by atoms with E-state index >= 15 is 0 Å². The Balaban J connectivity index is 3.48. The topological polar surface area (TPSA) is 0 Å². The lowest BCUT2D eigenvalue weighted by Crippen LogP contribution is -2.20. The molecule has 0 heterocycles. The third kappa shape index (κ3) is 2.16. The van der Waals surface area contributed by atoms with Gasteiger partial charge < -0.3 is 0 Å². The maximum absolute atomic E-state index is 4.02. The van der Waals surface area contributed by atoms with Crippen LogP contribution in [0, 0.1) is 10.8 Å². The van der Waals surface area contributed by atoms with E-state index in [0.29, 0.717) is 0 Å². The molecule has 1 atom stereocenters. The maximum Gasteiger partial charge on any atom is 0.0182 e. The minimum Gasteiger partial charge on any atom is -0.0988 e. The molecule has 18 heavy (non-hydrogen) atoms. The summed E-state index contributed by atoms with van der Waals surface area (Å²) in [6.07, 6.45) is 11.7. The van der Waals surface area contributed by atoms with Crippen LogP contribution < -0.4 is 0 Å². The van der Waals surface area contributed by atoms with E-state index in [1.807, 2.05) is 12.2 Å². The standard InChI is InChI=1S/C18H26/c1-8-12-14(9-2)18(7)13-17(5,6)15(10-3)16(18)11-4/h8-12H,3-4,13H2,1-2,5-7H3/b12-8-,14-9+. The Morgan fingerprint density at radius 3 is 2.00 bits per heavy atom. The maximum atomic E-state index is 4.02. The number of hydrogen-bond acceptors (Lipinski definition) is 0. The Labute approximate surface area is 112 Å². The van der Waals surface area contributed by atoms with Crippen LogP contribution in [0.4, 0.5) is 0 Å². The van der Waals surface area contributed by atoms with E-state index < -0.39 is 0 Å². The summed E-state index contributed by atoms with van der Waals surface area (Å²) in [6, 6.07) is 0. The average molecular weight is 242 g/mol. The molecule has 0 spiro atoms. The van der Waals surface area contributed by atoms with Gasteiger partial charge in [0.15, 0.2) is 0 Å². The molecule has 0 heteroatoms. The first-order valence-electron chi connectivity index (χ1n) is 6.67. The zero-order valence-corrected chi connectivity index (χ0v) is 12.5. The Morgan fingerprint density at radius 2 is 1.61 bits per heavy atom. The van der Waals surface area contributed by atoms with Gasteiger partial charge in [0.25, 0.3) is 0 Å². The van der Waals surface area contributed by atoms with Gasteiger partial charge in [-0.15, -0.1) is 0 Å². The van der Waals surface area contributed by atoms with E-state index in [2.05, 4.69) is 66.0 Å². The quantitative estimate of drug-likeness (QED) is 0.562. The van der Waals surface area contributed by atoms with Crippen LogP contribution in [-0.2, 0) is 0 Å². The summed E-state index contributed by atoms with van der Waals surface area (Å²) in [5.41, 5.74) is 4.24. The van der Waals surface area contributed by atoms with Gasteiger partial charge in [-0.05, 0) is 42.4 Å². The molecule has 0 saturated heterocycles. The summed E-state index contributed by atoms with van der Waals surface area (Å²) in [6.45, 7) is 19.1. The van der Waals surface area contributed by atoms with Crippen LogP contribution in [0.3, 0.4) is 0 Å². The summed E-state index contributed by atoms with van der Waals surface area (Å²) in [5.74, 6) is 0. The van der Waals surface area contributed by atoms with Crippen molar-refractivity contribution in [3.05, 3.63) is 60.3 Å². The van der Waals surface area contributed by atoms with Crippen LogP contribution in [0.5, 0.6) is 0 Å². The molecule has 1 unspecified atom stereocenters. The monoisotopic (exact) mass is 242 g/mol. The lowest BCUT2D eigenvalue weighted by Gasteiger charge is -2.31. The van der Waals surface area contributed by atoms with Crippen LogP contribution in [0.2, 0.25) is 0 Å². The van der Waals surface area contributed by atoms with E-state index in [9.17, 15) is 0 Å². The van der Waals surface area contributed by atoms with Crippen LogP contribution in [-0.4, -0.2) is 0 Å². The predicted molar refractivity (Wildman–Crippen MR) is 82.5 cm³/mol. The van der Waals surface area contributed by atoms with E-state index in [1.165, 1.54) is 16.7 Å². The highest BCUT2D eigenvalue weighted by Crippen LogP contribution is 2.57. The molecule has 0 aromatic carbocycles. The van der Waals surface area contributed by atoms with Gasteiger partial charge in [0.05, 0.1) is 0 Å². The lowest BCUT2D eigenvalue weighted by molar-refractivity contribution is 0.343. The number of rotatable bonds is 4. The Morgan fingerprint density at radius 1 is 1.06 bits per heavy atom. The van der Waals surface area contributed by atoms with Gasteiger partial charge in [-0.25, -0.2) is 0 Å². The zero-order valence-electron chi connectivity index (χ0n) is 12.5. The molecule has 98 valence electrons. The lowest BCUT2D eigenvalue weighted by atomic mass is 9.72. The molecule has 0 radical (unpaired) electrons. The van der Waals surface area contributed by atoms with Crippen molar-refractivity contribution in [2.24, 2.45) is 10.8 Å². The molecule has 0 bridgehead atoms. The molecule has 1 rings (SSSR count). The van der Waals surface area contributed by atoms with Crippen molar-refractivity contribution in [3.63, 3.8) is 0 Å². The van der Waals surface area contributed by atoms with Crippen molar-refractivity contribution in [3.8, 4) is 0 Å². The molecular weight excluding hydrogens is 216 g/mol. The fourth-order valence-electron chi connectivity index (χ4n) is 3.49. The Bertz CT molecular complexity index is 441. The predicted octanol–water partition coefficient (Wildman–Crippen LogP) is 5.61. The van der Waals surface area contributed by atoms with Crippen molar-refractivity contribution < 1.29 is 0 Å². The van der Waals surface area contributed by atoms with Gasteiger partial charge in [0.1, 0.15) is 0 Å². The fourth-order valence-corrected chi connectivity index (χ4v) is 3.49. The smallest absolute Gasteiger partial charge is 0.0182 e. The summed E-state index contributed by atoms with van der Waals surface area (Å²) in [4.78, 5) is 0. The second-order valence-electron chi connectivity index (χ2n) is 5.87. The van der Waals surface area contributed by atoms with Crippen molar-refractivity contribution in [2.45, 2.75) is 41.0 Å². The van der Waals surface area contributed by atoms with Gasteiger partial charge in [-0.3, -0.25) is 0 Å². The molecule has 0 saturated carbocycles. The largest absolute Gasteiger partial charge is 0.0988 e. The van der Waals surface area contributed by atoms with Gasteiger partial charge >= 0.3 is 0 Å². The van der Waals surface area contributed by atoms with Crippen LogP contribution >= 0.6 is 0 Å². The molecule has 0 aromatic heterocycles. The van der Waals surface area contributed by atoms with Gasteiger partial charge in [0.2, 0.25) is 0 Å². The zero-order chi connectivity index (χ0) is 14.0. The summed E-state index contributed by atoms with van der Waals surface area (Å²) in [7, 11) is 0. The Hall–Kier alpha value is -1.30. The second kappa shape index (κ2) is 5.14. The molecule has 0 aliphatic heterocycles. The average Bonchev–Trinajstić information content (AvgIpc) is 2.51. The minimum absolute atomic E-state index is 0.0516. The first-order valence-corrected chi connectivity index (χ1v) is 6.67. The van der Waals surface area contributed by atoms with E-state index in [0.717, 1.165) is 6.42 Å². The van der Waals surface area contributed by atoms with Crippen molar-refractivity contribution in [2.75, 3.05) is 0 Å². The molecule has 0 N–H and O–H groups in total. The molecule has 0 amide bonds. The van der Waals surface area contributed by atoms with Gasteiger partial charge in [-0.1, -0.05) is 64.3 Å². The highest BCUT2D eigenvalue weighted by atomic mass is 14.5. The third-order valence-electron chi connectivity index (χ3n) is 4.11. The SMILES string of the molecule is C=CC1=C(C=C)C(C)(C(/C=C\C)=C/C)CC1(C)C. The molecule has 1 aliphatic rings. The number of allylic oxidation sites excluding steroid dienone is 8. The van der Waals surface area contributed by atoms with Crippen molar-refractivity contribution in [1.29, 1.82) is 0 Å². The molecule has 1 aliphatic carbocycles. The summed E-state index contributed by atoms with van der Waals surface area (Å²) >= 11 is 0. The third-order valence-corrected chi connectivity index (χ3v) is 4.11. The highest BCUT2D eigenvalue weighted by molar-refractivity contribution is 5.52. The fraction of sp³-hybridized carbons (Fsp3) is 0.444. The molecule has 0 aromatic rings. The summed E-state index contributed by atoms with van der Waals surface area (Å²) in [5, 5.41) is 0. The molecule has 0 nitrogen and oxygen atoms in total. The van der Waals surface area contributed by atoms with Crippen LogP contribution in [0.15, 0.2) is 60.3 Å².